The lowest BCUT2D eigenvalue weighted by Crippen LogP contribution is -3.12. The van der Waals surface area contributed by atoms with Gasteiger partial charge >= 0.3 is 0 Å². The predicted molar refractivity (Wildman–Crippen MR) is 102 cm³/mol. The molecule has 0 spiro atoms. The van der Waals surface area contributed by atoms with Crippen LogP contribution in [0.2, 0.25) is 0 Å². The first-order chi connectivity index (χ1) is 13.1. The van der Waals surface area contributed by atoms with E-state index in [2.05, 4.69) is 11.4 Å². The number of quaternary nitrogens is 1. The summed E-state index contributed by atoms with van der Waals surface area (Å²) in [6.45, 7) is 6.93. The molecule has 0 aromatic heterocycles. The van der Waals surface area contributed by atoms with Crippen LogP contribution in [0.1, 0.15) is 25.0 Å². The zero-order valence-corrected chi connectivity index (χ0v) is 15.8. The van der Waals surface area contributed by atoms with Gasteiger partial charge in [0, 0.05) is 12.0 Å². The fraction of sp³-hybridized carbons (Fsp3) is 0.381. The Morgan fingerprint density at radius 2 is 1.78 bits per heavy atom. The summed E-state index contributed by atoms with van der Waals surface area (Å²) in [6.07, 6.45) is 0.865. The van der Waals surface area contributed by atoms with E-state index in [0.717, 1.165) is 35.9 Å². The van der Waals surface area contributed by atoms with Gasteiger partial charge in [0.2, 0.25) is 0 Å². The molecule has 1 unspecified atom stereocenters. The first kappa shape index (κ1) is 19.2. The van der Waals surface area contributed by atoms with Gasteiger partial charge in [-0.2, -0.15) is 0 Å². The zero-order valence-electron chi connectivity index (χ0n) is 15.8. The van der Waals surface area contributed by atoms with Crippen molar-refractivity contribution in [2.24, 2.45) is 0 Å². The second-order valence-electron chi connectivity index (χ2n) is 6.57. The molecule has 27 heavy (non-hydrogen) atoms. The largest absolute Gasteiger partial charge is 0.490 e. The summed E-state index contributed by atoms with van der Waals surface area (Å²) in [5.74, 6) is 0.915. The molecule has 0 aliphatic carbocycles. The molecular formula is C21H26FN2O3+. The number of carbonyl (C=O) groups excluding carboxylic acids is 1. The Bertz CT molecular complexity index is 810. The van der Waals surface area contributed by atoms with E-state index < -0.39 is 5.82 Å². The standard InChI is InChI=1S/C21H25FN2O3/c1-3-26-19-11-15-9-10-24(13-16(15)12-20(19)27-4-2)14-21(25)23-18-8-6-5-7-17(18)22/h5-8,11-12H,3-4,9-10,13-14H2,1-2H3,(H,23,25)/p+1. The van der Waals surface area contributed by atoms with Crippen molar-refractivity contribution in [3.05, 3.63) is 53.3 Å². The van der Waals surface area contributed by atoms with Gasteiger partial charge < -0.3 is 19.7 Å². The van der Waals surface area contributed by atoms with E-state index in [1.54, 1.807) is 18.2 Å². The number of hydrogen-bond acceptors (Lipinski definition) is 3. The number of hydrogen-bond donors (Lipinski definition) is 2. The lowest BCUT2D eigenvalue weighted by Gasteiger charge is -2.26. The first-order valence-corrected chi connectivity index (χ1v) is 9.40. The molecule has 3 rings (SSSR count). The second kappa shape index (κ2) is 8.86. The molecule has 0 radical (unpaired) electrons. The van der Waals surface area contributed by atoms with Crippen molar-refractivity contribution in [2.75, 3.05) is 31.6 Å². The topological polar surface area (TPSA) is 52.0 Å². The van der Waals surface area contributed by atoms with Crippen LogP contribution in [0.15, 0.2) is 36.4 Å². The maximum absolute atomic E-state index is 13.7. The third-order valence-electron chi connectivity index (χ3n) is 4.61. The number of ether oxygens (including phenoxy) is 2. The smallest absolute Gasteiger partial charge is 0.279 e. The summed E-state index contributed by atoms with van der Waals surface area (Å²) in [6, 6.07) is 10.3. The Balaban J connectivity index is 1.67. The molecule has 1 aliphatic rings. The summed E-state index contributed by atoms with van der Waals surface area (Å²) in [4.78, 5) is 13.5. The highest BCUT2D eigenvalue weighted by molar-refractivity contribution is 5.91. The summed E-state index contributed by atoms with van der Waals surface area (Å²) in [5.41, 5.74) is 2.63. The highest BCUT2D eigenvalue weighted by Crippen LogP contribution is 2.32. The van der Waals surface area contributed by atoms with E-state index in [1.807, 2.05) is 19.9 Å². The Morgan fingerprint density at radius 3 is 2.44 bits per heavy atom. The van der Waals surface area contributed by atoms with E-state index in [4.69, 9.17) is 9.47 Å². The third kappa shape index (κ3) is 4.77. The van der Waals surface area contributed by atoms with Crippen molar-refractivity contribution in [2.45, 2.75) is 26.8 Å². The molecule has 1 aliphatic heterocycles. The number of benzene rings is 2. The third-order valence-corrected chi connectivity index (χ3v) is 4.61. The number of halogens is 1. The fourth-order valence-corrected chi connectivity index (χ4v) is 3.38. The molecule has 2 aromatic rings. The molecule has 0 fully saturated rings. The van der Waals surface area contributed by atoms with E-state index in [9.17, 15) is 9.18 Å². The number of carbonyl (C=O) groups is 1. The minimum Gasteiger partial charge on any atom is -0.490 e. The van der Waals surface area contributed by atoms with Crippen molar-refractivity contribution in [1.29, 1.82) is 0 Å². The van der Waals surface area contributed by atoms with E-state index in [-0.39, 0.29) is 11.6 Å². The van der Waals surface area contributed by atoms with E-state index >= 15 is 0 Å². The zero-order chi connectivity index (χ0) is 19.2. The van der Waals surface area contributed by atoms with Gasteiger partial charge in [-0.1, -0.05) is 12.1 Å². The highest BCUT2D eigenvalue weighted by Gasteiger charge is 2.24. The van der Waals surface area contributed by atoms with Crippen LogP contribution in [0.3, 0.4) is 0 Å². The molecule has 6 heteroatoms. The number of amides is 1. The first-order valence-electron chi connectivity index (χ1n) is 9.40. The predicted octanol–water partition coefficient (Wildman–Crippen LogP) is 2.20. The summed E-state index contributed by atoms with van der Waals surface area (Å²) in [7, 11) is 0. The van der Waals surface area contributed by atoms with Crippen LogP contribution in [-0.2, 0) is 17.8 Å². The van der Waals surface area contributed by atoms with Crippen LogP contribution in [0.25, 0.3) is 0 Å². The maximum Gasteiger partial charge on any atom is 0.279 e. The van der Waals surface area contributed by atoms with Gasteiger partial charge in [-0.15, -0.1) is 0 Å². The van der Waals surface area contributed by atoms with Crippen LogP contribution in [0.4, 0.5) is 10.1 Å². The Morgan fingerprint density at radius 1 is 1.11 bits per heavy atom. The molecule has 0 saturated carbocycles. The normalized spacial score (nSPS) is 15.7. The van der Waals surface area contributed by atoms with Crippen molar-refractivity contribution in [3.8, 4) is 11.5 Å². The second-order valence-corrected chi connectivity index (χ2v) is 6.57. The van der Waals surface area contributed by atoms with Gasteiger partial charge in [0.1, 0.15) is 12.4 Å². The number of fused-ring (bicyclic) bond motifs is 1. The Kier molecular flexibility index (Phi) is 6.29. The van der Waals surface area contributed by atoms with E-state index in [0.29, 0.717) is 19.8 Å². The molecule has 1 amide bonds. The quantitative estimate of drug-likeness (QED) is 0.782. The van der Waals surface area contributed by atoms with Gasteiger partial charge in [-0.3, -0.25) is 4.79 Å². The van der Waals surface area contributed by atoms with Crippen LogP contribution in [-0.4, -0.2) is 32.2 Å². The summed E-state index contributed by atoms with van der Waals surface area (Å²) >= 11 is 0. The lowest BCUT2D eigenvalue weighted by molar-refractivity contribution is -0.907. The molecule has 0 bridgehead atoms. The Hall–Kier alpha value is -2.60. The van der Waals surface area contributed by atoms with Crippen molar-refractivity contribution < 1.29 is 23.6 Å². The Labute approximate surface area is 159 Å². The fourth-order valence-electron chi connectivity index (χ4n) is 3.38. The molecule has 2 aromatic carbocycles. The molecule has 144 valence electrons. The molecule has 5 nitrogen and oxygen atoms in total. The maximum atomic E-state index is 13.7. The molecule has 1 heterocycles. The molecule has 1 atom stereocenters. The average molecular weight is 373 g/mol. The van der Waals surface area contributed by atoms with Crippen LogP contribution in [0.5, 0.6) is 11.5 Å². The molecular weight excluding hydrogens is 347 g/mol. The SMILES string of the molecule is CCOc1cc2c(cc1OCC)C[NH+](CC(=O)Nc1ccccc1F)CC2. The number of para-hydroxylation sites is 1. The number of rotatable bonds is 7. The van der Waals surface area contributed by atoms with Gasteiger partial charge in [0.25, 0.3) is 5.91 Å². The number of nitrogens with one attached hydrogen (secondary N) is 2. The van der Waals surface area contributed by atoms with Gasteiger partial charge in [-0.25, -0.2) is 4.39 Å². The van der Waals surface area contributed by atoms with Gasteiger partial charge in [-0.05, 0) is 43.7 Å². The minimum atomic E-state index is -0.422. The van der Waals surface area contributed by atoms with Gasteiger partial charge in [0.05, 0.1) is 25.4 Å². The van der Waals surface area contributed by atoms with Crippen LogP contribution >= 0.6 is 0 Å². The summed E-state index contributed by atoms with van der Waals surface area (Å²) < 4.78 is 25.1. The van der Waals surface area contributed by atoms with Crippen molar-refractivity contribution in [1.82, 2.24) is 0 Å². The number of anilines is 1. The highest BCUT2D eigenvalue weighted by atomic mass is 19.1. The van der Waals surface area contributed by atoms with Crippen molar-refractivity contribution >= 4 is 11.6 Å². The summed E-state index contributed by atoms with van der Waals surface area (Å²) in [5, 5.41) is 2.66. The van der Waals surface area contributed by atoms with Crippen molar-refractivity contribution in [3.63, 3.8) is 0 Å². The molecule has 2 N–H and O–H groups in total. The van der Waals surface area contributed by atoms with Crippen LogP contribution in [0, 0.1) is 5.82 Å². The van der Waals surface area contributed by atoms with Gasteiger partial charge in [0.15, 0.2) is 18.0 Å². The van der Waals surface area contributed by atoms with E-state index in [1.165, 1.54) is 17.2 Å². The average Bonchev–Trinajstić information content (AvgIpc) is 2.64. The monoisotopic (exact) mass is 373 g/mol. The van der Waals surface area contributed by atoms with Crippen LogP contribution < -0.4 is 19.7 Å². The minimum absolute atomic E-state index is 0.186. The lowest BCUT2D eigenvalue weighted by atomic mass is 9.98. The molecule has 0 saturated heterocycles.